The number of hydrogen-bond donors (Lipinski definition) is 3. The Morgan fingerprint density at radius 3 is 2.67 bits per heavy atom. The number of aliphatic hydroxyl groups excluding tert-OH is 1. The molecule has 15 heavy (non-hydrogen) atoms. The van der Waals surface area contributed by atoms with Crippen LogP contribution in [0.2, 0.25) is 0 Å². The zero-order valence-electron chi connectivity index (χ0n) is 7.80. The van der Waals surface area contributed by atoms with Crippen LogP contribution in [0.4, 0.5) is 0 Å². The quantitative estimate of drug-likeness (QED) is 0.561. The summed E-state index contributed by atoms with van der Waals surface area (Å²) in [6.07, 6.45) is 0. The van der Waals surface area contributed by atoms with Crippen LogP contribution >= 0.6 is 0 Å². The van der Waals surface area contributed by atoms with E-state index in [0.29, 0.717) is 0 Å². The van der Waals surface area contributed by atoms with Crippen molar-refractivity contribution in [2.45, 2.75) is 13.0 Å². The van der Waals surface area contributed by atoms with Gasteiger partial charge in [-0.15, -0.1) is 0 Å². The second-order valence-electron chi connectivity index (χ2n) is 2.68. The Hall–Kier alpha value is -1.96. The summed E-state index contributed by atoms with van der Waals surface area (Å²) in [5.74, 6) is -2.23. The molecule has 1 amide bonds. The van der Waals surface area contributed by atoms with Gasteiger partial charge in [0.2, 0.25) is 5.89 Å². The third-order valence-corrected chi connectivity index (χ3v) is 1.52. The largest absolute Gasteiger partial charge is 0.480 e. The fraction of sp³-hybridized carbons (Fsp3) is 0.429. The molecule has 0 bridgehead atoms. The molecule has 3 N–H and O–H groups in total. The van der Waals surface area contributed by atoms with Crippen LogP contribution in [0.3, 0.4) is 0 Å². The molecule has 1 aromatic rings. The summed E-state index contributed by atoms with van der Waals surface area (Å²) in [4.78, 5) is 25.3. The van der Waals surface area contributed by atoms with Crippen molar-refractivity contribution in [1.82, 2.24) is 15.5 Å². The second-order valence-corrected chi connectivity index (χ2v) is 2.68. The average Bonchev–Trinajstić information content (AvgIpc) is 2.60. The smallest absolute Gasteiger partial charge is 0.328 e. The number of carboxylic acid groups (broad SMARTS) is 1. The minimum Gasteiger partial charge on any atom is -0.480 e. The molecule has 1 heterocycles. The maximum absolute atomic E-state index is 11.3. The zero-order valence-corrected chi connectivity index (χ0v) is 7.80. The number of carboxylic acids is 1. The highest BCUT2D eigenvalue weighted by molar-refractivity contribution is 5.93. The first-order valence-electron chi connectivity index (χ1n) is 3.99. The Morgan fingerprint density at radius 1 is 1.60 bits per heavy atom. The fourth-order valence-electron chi connectivity index (χ4n) is 0.800. The number of rotatable bonds is 4. The van der Waals surface area contributed by atoms with Gasteiger partial charge in [-0.3, -0.25) is 4.79 Å². The normalized spacial score (nSPS) is 12.1. The lowest BCUT2D eigenvalue weighted by Gasteiger charge is -2.08. The number of nitrogens with zero attached hydrogens (tertiary/aromatic N) is 2. The highest BCUT2D eigenvalue weighted by Crippen LogP contribution is 1.95. The number of nitrogens with one attached hydrogen (secondary N) is 1. The van der Waals surface area contributed by atoms with Crippen LogP contribution in [0.5, 0.6) is 0 Å². The molecule has 0 aliphatic rings. The van der Waals surface area contributed by atoms with Gasteiger partial charge in [0.15, 0.2) is 6.04 Å². The molecule has 0 aromatic carbocycles. The molecule has 0 saturated carbocycles. The first-order chi connectivity index (χ1) is 7.04. The van der Waals surface area contributed by atoms with Crippen LogP contribution in [-0.4, -0.2) is 44.9 Å². The van der Waals surface area contributed by atoms with Gasteiger partial charge in [-0.05, 0) is 0 Å². The van der Waals surface area contributed by atoms with Crippen molar-refractivity contribution >= 4 is 11.9 Å². The summed E-state index contributed by atoms with van der Waals surface area (Å²) in [6, 6.07) is -1.38. The van der Waals surface area contributed by atoms with Gasteiger partial charge in [-0.1, -0.05) is 5.16 Å². The van der Waals surface area contributed by atoms with Gasteiger partial charge in [0.05, 0.1) is 6.61 Å². The zero-order chi connectivity index (χ0) is 11.4. The summed E-state index contributed by atoms with van der Waals surface area (Å²) < 4.78 is 4.53. The van der Waals surface area contributed by atoms with Crippen molar-refractivity contribution in [3.05, 3.63) is 11.7 Å². The van der Waals surface area contributed by atoms with E-state index in [4.69, 9.17) is 10.2 Å². The Balaban J connectivity index is 2.66. The van der Waals surface area contributed by atoms with Crippen molar-refractivity contribution in [3.8, 4) is 0 Å². The van der Waals surface area contributed by atoms with Crippen LogP contribution in [0.15, 0.2) is 4.52 Å². The van der Waals surface area contributed by atoms with E-state index in [9.17, 15) is 9.59 Å². The summed E-state index contributed by atoms with van der Waals surface area (Å²) in [6.45, 7) is 0.780. The van der Waals surface area contributed by atoms with Crippen LogP contribution in [0, 0.1) is 6.92 Å². The minimum absolute atomic E-state index is 0.191. The van der Waals surface area contributed by atoms with Crippen LogP contribution in [0.1, 0.15) is 16.5 Å². The van der Waals surface area contributed by atoms with E-state index in [1.807, 2.05) is 5.32 Å². The number of carbonyl (C=O) groups excluding carboxylic acids is 1. The van der Waals surface area contributed by atoms with Gasteiger partial charge < -0.3 is 20.1 Å². The lowest BCUT2D eigenvalue weighted by Crippen LogP contribution is -2.43. The minimum atomic E-state index is -1.38. The molecule has 0 saturated heterocycles. The van der Waals surface area contributed by atoms with E-state index in [1.165, 1.54) is 6.92 Å². The summed E-state index contributed by atoms with van der Waals surface area (Å²) >= 11 is 0. The van der Waals surface area contributed by atoms with Crippen LogP contribution in [-0.2, 0) is 4.79 Å². The molecular weight excluding hydrogens is 206 g/mol. The Labute approximate surface area is 83.9 Å². The first kappa shape index (κ1) is 11.1. The van der Waals surface area contributed by atoms with Crippen LogP contribution in [0.25, 0.3) is 0 Å². The number of hydrogen-bond acceptors (Lipinski definition) is 6. The SMILES string of the molecule is Cc1nc(C(=O)N[C@H](CO)C(=O)O)no1. The van der Waals surface area contributed by atoms with Crippen molar-refractivity contribution in [2.75, 3.05) is 6.61 Å². The van der Waals surface area contributed by atoms with Crippen molar-refractivity contribution < 1.29 is 24.3 Å². The predicted octanol–water partition coefficient (Wildman–Crippen LogP) is -1.45. The van der Waals surface area contributed by atoms with E-state index in [-0.39, 0.29) is 11.7 Å². The van der Waals surface area contributed by atoms with E-state index in [1.54, 1.807) is 0 Å². The fourth-order valence-corrected chi connectivity index (χ4v) is 0.800. The monoisotopic (exact) mass is 215 g/mol. The summed E-state index contributed by atoms with van der Waals surface area (Å²) in [7, 11) is 0. The third kappa shape index (κ3) is 2.74. The number of amides is 1. The van der Waals surface area contributed by atoms with Gasteiger partial charge in [-0.25, -0.2) is 4.79 Å². The highest BCUT2D eigenvalue weighted by atomic mass is 16.5. The lowest BCUT2D eigenvalue weighted by molar-refractivity contribution is -0.140. The average molecular weight is 215 g/mol. The molecule has 1 rings (SSSR count). The van der Waals surface area contributed by atoms with E-state index < -0.39 is 24.5 Å². The lowest BCUT2D eigenvalue weighted by atomic mass is 10.3. The highest BCUT2D eigenvalue weighted by Gasteiger charge is 2.22. The predicted molar refractivity (Wildman–Crippen MR) is 45.0 cm³/mol. The molecule has 0 fully saturated rings. The maximum atomic E-state index is 11.3. The molecule has 1 aromatic heterocycles. The molecule has 0 radical (unpaired) electrons. The molecule has 0 aliphatic carbocycles. The molecule has 8 heteroatoms. The molecule has 1 atom stereocenters. The molecule has 0 aliphatic heterocycles. The maximum Gasteiger partial charge on any atom is 0.328 e. The Morgan fingerprint density at radius 2 is 2.27 bits per heavy atom. The summed E-state index contributed by atoms with van der Waals surface area (Å²) in [5.41, 5.74) is 0. The van der Waals surface area contributed by atoms with Gasteiger partial charge in [0, 0.05) is 6.92 Å². The molecule has 0 unspecified atom stereocenters. The number of aromatic nitrogens is 2. The topological polar surface area (TPSA) is 126 Å². The molecular formula is C7H9N3O5. The first-order valence-corrected chi connectivity index (χ1v) is 3.99. The van der Waals surface area contributed by atoms with E-state index in [2.05, 4.69) is 14.7 Å². The standard InChI is InChI=1S/C7H9N3O5/c1-3-8-5(10-15-3)6(12)9-4(2-11)7(13)14/h4,11H,2H2,1H3,(H,9,12)(H,13,14)/t4-/m1/s1. The van der Waals surface area contributed by atoms with Crippen LogP contribution < -0.4 is 5.32 Å². The second kappa shape index (κ2) is 4.51. The summed E-state index contributed by atoms with van der Waals surface area (Å²) in [5, 5.41) is 22.5. The van der Waals surface area contributed by atoms with E-state index in [0.717, 1.165) is 0 Å². The van der Waals surface area contributed by atoms with Crippen molar-refractivity contribution in [1.29, 1.82) is 0 Å². The molecule has 0 spiro atoms. The number of aliphatic hydroxyl groups is 1. The molecule has 8 nitrogen and oxygen atoms in total. The number of aliphatic carboxylic acids is 1. The van der Waals surface area contributed by atoms with Gasteiger partial charge in [0.1, 0.15) is 0 Å². The number of carbonyl (C=O) groups is 2. The molecule has 82 valence electrons. The third-order valence-electron chi connectivity index (χ3n) is 1.52. The van der Waals surface area contributed by atoms with Crippen molar-refractivity contribution in [2.24, 2.45) is 0 Å². The van der Waals surface area contributed by atoms with Gasteiger partial charge in [0.25, 0.3) is 11.7 Å². The van der Waals surface area contributed by atoms with Gasteiger partial charge in [-0.2, -0.15) is 4.98 Å². The Bertz CT molecular complexity index is 374. The Kier molecular flexibility index (Phi) is 3.34. The van der Waals surface area contributed by atoms with E-state index >= 15 is 0 Å². The van der Waals surface area contributed by atoms with Crippen molar-refractivity contribution in [3.63, 3.8) is 0 Å². The number of aryl methyl sites for hydroxylation is 1. The van der Waals surface area contributed by atoms with Gasteiger partial charge >= 0.3 is 5.97 Å².